The summed E-state index contributed by atoms with van der Waals surface area (Å²) in [5.41, 5.74) is 3.68. The van der Waals surface area contributed by atoms with Crippen LogP contribution in [0, 0.1) is 6.92 Å². The number of nitrogens with one attached hydrogen (secondary N) is 1. The Morgan fingerprint density at radius 1 is 1.10 bits per heavy atom. The minimum absolute atomic E-state index is 0.0651. The Labute approximate surface area is 184 Å². The molecule has 3 heterocycles. The Morgan fingerprint density at radius 2 is 1.90 bits per heavy atom. The van der Waals surface area contributed by atoms with E-state index >= 15 is 0 Å². The quantitative estimate of drug-likeness (QED) is 0.735. The maximum atomic E-state index is 13.1. The van der Waals surface area contributed by atoms with Crippen LogP contribution >= 0.6 is 0 Å². The molecule has 0 bridgehead atoms. The number of piperidine rings is 1. The first-order valence-electron chi connectivity index (χ1n) is 10.7. The molecule has 2 aromatic rings. The first-order valence-corrected chi connectivity index (χ1v) is 12.1. The Hall–Kier alpha value is -2.20. The van der Waals surface area contributed by atoms with Crippen LogP contribution < -0.4 is 10.1 Å². The van der Waals surface area contributed by atoms with Gasteiger partial charge in [-0.3, -0.25) is 4.98 Å². The molecule has 1 aromatic heterocycles. The number of ether oxygens (including phenoxy) is 2. The smallest absolute Gasteiger partial charge is 0.282 e. The molecule has 31 heavy (non-hydrogen) atoms. The van der Waals surface area contributed by atoms with E-state index in [9.17, 15) is 8.42 Å². The Balaban J connectivity index is 1.52. The van der Waals surface area contributed by atoms with Gasteiger partial charge in [0.25, 0.3) is 10.2 Å². The summed E-state index contributed by atoms with van der Waals surface area (Å²) in [6.07, 6.45) is 1.74. The van der Waals surface area contributed by atoms with Gasteiger partial charge in [0, 0.05) is 60.9 Å². The second kappa shape index (κ2) is 9.52. The first kappa shape index (κ1) is 22.0. The van der Waals surface area contributed by atoms with E-state index in [1.165, 1.54) is 0 Å². The van der Waals surface area contributed by atoms with E-state index in [0.717, 1.165) is 41.4 Å². The fraction of sp³-hybridized carbons (Fsp3) is 0.500. The number of rotatable bonds is 6. The molecular formula is C22H30N4O4S. The number of nitrogens with zero attached hydrogens (tertiary/aromatic N) is 3. The number of aromatic nitrogens is 1. The summed E-state index contributed by atoms with van der Waals surface area (Å²) < 4.78 is 40.0. The summed E-state index contributed by atoms with van der Waals surface area (Å²) in [5.74, 6) is 0.850. The highest BCUT2D eigenvalue weighted by atomic mass is 32.2. The number of benzene rings is 1. The summed E-state index contributed by atoms with van der Waals surface area (Å²) in [6, 6.07) is 11.8. The predicted octanol–water partition coefficient (Wildman–Crippen LogP) is 2.90. The minimum Gasteiger partial charge on any atom is -0.497 e. The summed E-state index contributed by atoms with van der Waals surface area (Å²) in [4.78, 5) is 4.74. The van der Waals surface area contributed by atoms with Crippen LogP contribution in [-0.2, 0) is 14.9 Å². The van der Waals surface area contributed by atoms with Gasteiger partial charge in [-0.1, -0.05) is 6.07 Å². The Bertz CT molecular complexity index is 1010. The lowest BCUT2D eigenvalue weighted by atomic mass is 9.95. The molecule has 0 unspecified atom stereocenters. The van der Waals surface area contributed by atoms with Crippen LogP contribution in [0.2, 0.25) is 0 Å². The van der Waals surface area contributed by atoms with Gasteiger partial charge >= 0.3 is 0 Å². The summed E-state index contributed by atoms with van der Waals surface area (Å²) in [5, 5.41) is 3.42. The SMILES string of the molecule is COc1cccc(Nc2cc(C)nc([C@H]3CCCN(S(=O)(=O)N4CCOCC4)C3)c2)c1. The van der Waals surface area contributed by atoms with Crippen molar-refractivity contribution in [3.63, 3.8) is 0 Å². The topological polar surface area (TPSA) is 84.0 Å². The average molecular weight is 447 g/mol. The molecule has 0 radical (unpaired) electrons. The van der Waals surface area contributed by atoms with Crippen molar-refractivity contribution in [3.8, 4) is 5.75 Å². The molecule has 1 aromatic carbocycles. The zero-order chi connectivity index (χ0) is 21.8. The van der Waals surface area contributed by atoms with Crippen LogP contribution in [0.1, 0.15) is 30.1 Å². The predicted molar refractivity (Wildman–Crippen MR) is 120 cm³/mol. The fourth-order valence-electron chi connectivity index (χ4n) is 4.18. The molecule has 2 saturated heterocycles. The van der Waals surface area contributed by atoms with Crippen LogP contribution in [0.5, 0.6) is 5.75 Å². The van der Waals surface area contributed by atoms with E-state index in [1.54, 1.807) is 15.7 Å². The molecule has 168 valence electrons. The van der Waals surface area contributed by atoms with Crippen molar-refractivity contribution < 1.29 is 17.9 Å². The van der Waals surface area contributed by atoms with E-state index in [1.807, 2.05) is 43.3 Å². The number of morpholine rings is 1. The maximum Gasteiger partial charge on any atom is 0.282 e. The van der Waals surface area contributed by atoms with E-state index in [4.69, 9.17) is 14.5 Å². The number of aryl methyl sites for hydroxylation is 1. The van der Waals surface area contributed by atoms with Crippen molar-refractivity contribution in [2.45, 2.75) is 25.7 Å². The number of hydrogen-bond donors (Lipinski definition) is 1. The number of hydrogen-bond acceptors (Lipinski definition) is 6. The molecule has 2 aliphatic rings. The molecule has 0 aliphatic carbocycles. The lowest BCUT2D eigenvalue weighted by Gasteiger charge is -2.36. The van der Waals surface area contributed by atoms with Gasteiger partial charge in [-0.15, -0.1) is 0 Å². The standard InChI is InChI=1S/C22H30N4O4S/c1-17-13-20(24-19-6-3-7-21(14-19)29-2)15-22(23-17)18-5-4-8-26(16-18)31(27,28)25-9-11-30-12-10-25/h3,6-7,13-15,18H,4-5,8-12,16H2,1-2H3,(H,23,24)/t18-/m0/s1. The van der Waals surface area contributed by atoms with E-state index in [-0.39, 0.29) is 5.92 Å². The lowest BCUT2D eigenvalue weighted by Crippen LogP contribution is -2.51. The van der Waals surface area contributed by atoms with Gasteiger partial charge in [0.15, 0.2) is 0 Å². The minimum atomic E-state index is -3.47. The normalized spacial score (nSPS) is 21.0. The van der Waals surface area contributed by atoms with Crippen LogP contribution in [0.4, 0.5) is 11.4 Å². The summed E-state index contributed by atoms with van der Waals surface area (Å²) >= 11 is 0. The van der Waals surface area contributed by atoms with Crippen molar-refractivity contribution in [1.82, 2.24) is 13.6 Å². The van der Waals surface area contributed by atoms with Gasteiger partial charge in [0.2, 0.25) is 0 Å². The third-order valence-electron chi connectivity index (χ3n) is 5.76. The summed E-state index contributed by atoms with van der Waals surface area (Å²) in [6.45, 7) is 4.71. The highest BCUT2D eigenvalue weighted by Crippen LogP contribution is 2.31. The van der Waals surface area contributed by atoms with Crippen molar-refractivity contribution in [2.75, 3.05) is 51.8 Å². The molecule has 1 N–H and O–H groups in total. The highest BCUT2D eigenvalue weighted by Gasteiger charge is 2.35. The van der Waals surface area contributed by atoms with Gasteiger partial charge in [-0.2, -0.15) is 17.0 Å². The summed E-state index contributed by atoms with van der Waals surface area (Å²) in [7, 11) is -1.83. The van der Waals surface area contributed by atoms with Crippen LogP contribution in [0.3, 0.4) is 0 Å². The molecule has 1 atom stereocenters. The average Bonchev–Trinajstić information content (AvgIpc) is 2.79. The second-order valence-electron chi connectivity index (χ2n) is 8.00. The van der Waals surface area contributed by atoms with E-state index in [0.29, 0.717) is 39.4 Å². The third kappa shape index (κ3) is 5.17. The van der Waals surface area contributed by atoms with Gasteiger partial charge in [-0.25, -0.2) is 0 Å². The number of methoxy groups -OCH3 is 1. The molecule has 2 fully saturated rings. The van der Waals surface area contributed by atoms with Gasteiger partial charge in [-0.05, 0) is 44.0 Å². The Kier molecular flexibility index (Phi) is 6.76. The van der Waals surface area contributed by atoms with Crippen molar-refractivity contribution >= 4 is 21.6 Å². The van der Waals surface area contributed by atoms with E-state index < -0.39 is 10.2 Å². The Morgan fingerprint density at radius 3 is 2.68 bits per heavy atom. The number of pyridine rings is 1. The lowest BCUT2D eigenvalue weighted by molar-refractivity contribution is 0.0695. The monoisotopic (exact) mass is 446 g/mol. The van der Waals surface area contributed by atoms with Crippen LogP contribution in [0.15, 0.2) is 36.4 Å². The molecule has 8 nitrogen and oxygen atoms in total. The van der Waals surface area contributed by atoms with Crippen molar-refractivity contribution in [2.24, 2.45) is 0 Å². The first-order chi connectivity index (χ1) is 15.0. The molecule has 0 amide bonds. The number of anilines is 2. The molecule has 9 heteroatoms. The largest absolute Gasteiger partial charge is 0.497 e. The molecule has 4 rings (SSSR count). The second-order valence-corrected chi connectivity index (χ2v) is 9.92. The maximum absolute atomic E-state index is 13.1. The highest BCUT2D eigenvalue weighted by molar-refractivity contribution is 7.86. The molecule has 0 saturated carbocycles. The molecule has 2 aliphatic heterocycles. The van der Waals surface area contributed by atoms with Gasteiger partial charge in [0.05, 0.1) is 20.3 Å². The fourth-order valence-corrected chi connectivity index (χ4v) is 5.84. The van der Waals surface area contributed by atoms with Gasteiger partial charge < -0.3 is 14.8 Å². The molecular weight excluding hydrogens is 416 g/mol. The third-order valence-corrected chi connectivity index (χ3v) is 7.76. The zero-order valence-corrected chi connectivity index (χ0v) is 18.9. The van der Waals surface area contributed by atoms with Crippen molar-refractivity contribution in [3.05, 3.63) is 47.8 Å². The van der Waals surface area contributed by atoms with Crippen LogP contribution in [0.25, 0.3) is 0 Å². The van der Waals surface area contributed by atoms with Crippen molar-refractivity contribution in [1.29, 1.82) is 0 Å². The zero-order valence-electron chi connectivity index (χ0n) is 18.1. The molecule has 0 spiro atoms. The van der Waals surface area contributed by atoms with Crippen LogP contribution in [-0.4, -0.2) is 68.5 Å². The van der Waals surface area contributed by atoms with E-state index in [2.05, 4.69) is 5.32 Å². The van der Waals surface area contributed by atoms with Gasteiger partial charge in [0.1, 0.15) is 5.75 Å².